The van der Waals surface area contributed by atoms with Crippen LogP contribution in [0.2, 0.25) is 0 Å². The largest absolute Gasteiger partial charge is 0.462 e. The molecular weight excluding hydrogens is 299 g/mol. The van der Waals surface area contributed by atoms with Crippen LogP contribution in [-0.2, 0) is 4.74 Å². The first-order valence-electron chi connectivity index (χ1n) is 3.80. The summed E-state index contributed by atoms with van der Waals surface area (Å²) in [5, 5.41) is 0. The van der Waals surface area contributed by atoms with E-state index in [0.717, 1.165) is 8.47 Å². The lowest BCUT2D eigenvalue weighted by molar-refractivity contribution is 0.0525. The van der Waals surface area contributed by atoms with Gasteiger partial charge in [0.2, 0.25) is 0 Å². The van der Waals surface area contributed by atoms with Crippen molar-refractivity contribution in [1.82, 2.24) is 0 Å². The van der Waals surface area contributed by atoms with E-state index in [1.807, 2.05) is 12.1 Å². The predicted molar refractivity (Wildman–Crippen MR) is 62.4 cm³/mol. The van der Waals surface area contributed by atoms with Gasteiger partial charge >= 0.3 is 5.97 Å². The molecule has 0 fully saturated rings. The van der Waals surface area contributed by atoms with Gasteiger partial charge in [-0.25, -0.2) is 4.79 Å². The molecule has 13 heavy (non-hydrogen) atoms. The van der Waals surface area contributed by atoms with Gasteiger partial charge < -0.3 is 4.74 Å². The zero-order chi connectivity index (χ0) is 9.84. The van der Waals surface area contributed by atoms with Crippen LogP contribution in [0.15, 0.2) is 23.1 Å². The van der Waals surface area contributed by atoms with Gasteiger partial charge in [-0.2, -0.15) is 0 Å². The molecule has 2 nitrogen and oxygen atoms in total. The average Bonchev–Trinajstić information content (AvgIpc) is 2.09. The van der Waals surface area contributed by atoms with Crippen LogP contribution in [-0.4, -0.2) is 12.6 Å². The Hall–Kier alpha value is -0.230. The Kier molecular flexibility index (Phi) is 4.05. The van der Waals surface area contributed by atoms with Crippen molar-refractivity contribution < 1.29 is 9.53 Å². The van der Waals surface area contributed by atoms with Gasteiger partial charge in [0.15, 0.2) is 0 Å². The van der Waals surface area contributed by atoms with Gasteiger partial charge in [-0.05, 0) is 47.7 Å². The summed E-state index contributed by atoms with van der Waals surface area (Å²) in [7, 11) is 0. The predicted octanol–water partition coefficient (Wildman–Crippen LogP) is 2.76. The molecule has 0 spiro atoms. The third-order valence-corrected chi connectivity index (χ3v) is 2.66. The summed E-state index contributed by atoms with van der Waals surface area (Å²) in [6.07, 6.45) is 0. The maximum Gasteiger partial charge on any atom is 0.339 e. The molecule has 0 saturated heterocycles. The number of thiol groups is 1. The summed E-state index contributed by atoms with van der Waals surface area (Å²) in [6.45, 7) is 2.18. The smallest absolute Gasteiger partial charge is 0.339 e. The number of ether oxygens (including phenoxy) is 1. The normalized spacial score (nSPS) is 9.77. The van der Waals surface area contributed by atoms with Crippen LogP contribution in [0.5, 0.6) is 0 Å². The molecule has 0 atom stereocenters. The number of hydrogen-bond acceptors (Lipinski definition) is 3. The minimum Gasteiger partial charge on any atom is -0.462 e. The Morgan fingerprint density at radius 2 is 2.31 bits per heavy atom. The molecule has 0 aromatic heterocycles. The first-order chi connectivity index (χ1) is 6.15. The number of rotatable bonds is 2. The fourth-order valence-corrected chi connectivity index (χ4v) is 1.64. The van der Waals surface area contributed by atoms with Crippen molar-refractivity contribution in [2.45, 2.75) is 11.8 Å². The Morgan fingerprint density at radius 1 is 1.62 bits per heavy atom. The van der Waals surface area contributed by atoms with Crippen molar-refractivity contribution in [3.63, 3.8) is 0 Å². The summed E-state index contributed by atoms with van der Waals surface area (Å²) in [4.78, 5) is 12.1. The van der Waals surface area contributed by atoms with Gasteiger partial charge in [-0.1, -0.05) is 0 Å². The number of esters is 1. The first-order valence-corrected chi connectivity index (χ1v) is 5.33. The topological polar surface area (TPSA) is 26.3 Å². The van der Waals surface area contributed by atoms with E-state index in [1.165, 1.54) is 0 Å². The van der Waals surface area contributed by atoms with E-state index in [1.54, 1.807) is 13.0 Å². The lowest BCUT2D eigenvalue weighted by atomic mass is 10.2. The number of hydrogen-bond donors (Lipinski definition) is 1. The standard InChI is InChI=1S/C9H9IO2S/c1-2-12-9(11)7-5-6(13)3-4-8(7)10/h3-5,13H,2H2,1H3. The maximum atomic E-state index is 11.4. The highest BCUT2D eigenvalue weighted by Crippen LogP contribution is 2.17. The molecule has 0 aliphatic rings. The molecule has 70 valence electrons. The minimum absolute atomic E-state index is 0.289. The van der Waals surface area contributed by atoms with Crippen molar-refractivity contribution in [3.8, 4) is 0 Å². The van der Waals surface area contributed by atoms with Gasteiger partial charge in [-0.15, -0.1) is 12.6 Å². The van der Waals surface area contributed by atoms with Crippen LogP contribution in [0.1, 0.15) is 17.3 Å². The number of carbonyl (C=O) groups excluding carboxylic acids is 1. The van der Waals surface area contributed by atoms with E-state index >= 15 is 0 Å². The fourth-order valence-electron chi connectivity index (χ4n) is 0.879. The van der Waals surface area contributed by atoms with Crippen molar-refractivity contribution in [1.29, 1.82) is 0 Å². The summed E-state index contributed by atoms with van der Waals surface area (Å²) >= 11 is 6.25. The fraction of sp³-hybridized carbons (Fsp3) is 0.222. The summed E-state index contributed by atoms with van der Waals surface area (Å²) in [5.74, 6) is -0.289. The van der Waals surface area contributed by atoms with Crippen molar-refractivity contribution in [2.75, 3.05) is 6.61 Å². The molecule has 0 N–H and O–H groups in total. The van der Waals surface area contributed by atoms with E-state index in [2.05, 4.69) is 35.2 Å². The molecule has 0 unspecified atom stereocenters. The first kappa shape index (κ1) is 10.8. The second-order valence-electron chi connectivity index (χ2n) is 2.38. The highest BCUT2D eigenvalue weighted by Gasteiger charge is 2.10. The number of carbonyl (C=O) groups is 1. The molecule has 1 aromatic carbocycles. The highest BCUT2D eigenvalue weighted by molar-refractivity contribution is 14.1. The van der Waals surface area contributed by atoms with E-state index in [4.69, 9.17) is 4.74 Å². The van der Waals surface area contributed by atoms with Gasteiger partial charge in [0.25, 0.3) is 0 Å². The van der Waals surface area contributed by atoms with Crippen LogP contribution in [0.25, 0.3) is 0 Å². The maximum absolute atomic E-state index is 11.4. The third-order valence-electron chi connectivity index (χ3n) is 1.45. The Bertz CT molecular complexity index is 325. The lowest BCUT2D eigenvalue weighted by Gasteiger charge is -2.04. The van der Waals surface area contributed by atoms with Gasteiger partial charge in [-0.3, -0.25) is 0 Å². The van der Waals surface area contributed by atoms with E-state index < -0.39 is 0 Å². The Balaban J connectivity index is 2.99. The molecule has 0 aliphatic carbocycles. The SMILES string of the molecule is CCOC(=O)c1cc(S)ccc1I. The van der Waals surface area contributed by atoms with E-state index in [-0.39, 0.29) is 5.97 Å². The van der Waals surface area contributed by atoms with Crippen LogP contribution in [0, 0.1) is 3.57 Å². The average molecular weight is 308 g/mol. The Morgan fingerprint density at radius 3 is 2.92 bits per heavy atom. The van der Waals surface area contributed by atoms with Gasteiger partial charge in [0.1, 0.15) is 0 Å². The van der Waals surface area contributed by atoms with Gasteiger partial charge in [0, 0.05) is 8.47 Å². The number of benzene rings is 1. The van der Waals surface area contributed by atoms with Crippen LogP contribution < -0.4 is 0 Å². The Labute approximate surface area is 96.2 Å². The van der Waals surface area contributed by atoms with Gasteiger partial charge in [0.05, 0.1) is 12.2 Å². The molecular formula is C9H9IO2S. The molecule has 1 rings (SSSR count). The number of halogens is 1. The summed E-state index contributed by atoms with van der Waals surface area (Å²) in [5.41, 5.74) is 0.579. The quantitative estimate of drug-likeness (QED) is 0.516. The molecule has 4 heteroatoms. The molecule has 1 aromatic rings. The lowest BCUT2D eigenvalue weighted by Crippen LogP contribution is -2.06. The zero-order valence-corrected chi connectivity index (χ0v) is 10.1. The molecule has 0 aliphatic heterocycles. The molecule has 0 saturated carbocycles. The monoisotopic (exact) mass is 308 g/mol. The molecule has 0 radical (unpaired) electrons. The van der Waals surface area contributed by atoms with Crippen LogP contribution in [0.3, 0.4) is 0 Å². The summed E-state index contributed by atoms with van der Waals surface area (Å²) in [6, 6.07) is 5.39. The van der Waals surface area contributed by atoms with Crippen LogP contribution >= 0.6 is 35.2 Å². The van der Waals surface area contributed by atoms with E-state index in [0.29, 0.717) is 12.2 Å². The highest BCUT2D eigenvalue weighted by atomic mass is 127. The zero-order valence-electron chi connectivity index (χ0n) is 7.08. The minimum atomic E-state index is -0.289. The second kappa shape index (κ2) is 4.85. The third kappa shape index (κ3) is 2.87. The van der Waals surface area contributed by atoms with Crippen LogP contribution in [0.4, 0.5) is 0 Å². The molecule has 0 bridgehead atoms. The summed E-state index contributed by atoms with van der Waals surface area (Å²) < 4.78 is 5.77. The van der Waals surface area contributed by atoms with E-state index in [9.17, 15) is 4.79 Å². The molecule has 0 heterocycles. The van der Waals surface area contributed by atoms with Crippen molar-refractivity contribution in [2.24, 2.45) is 0 Å². The van der Waals surface area contributed by atoms with Crippen molar-refractivity contribution in [3.05, 3.63) is 27.3 Å². The molecule has 0 amide bonds. The second-order valence-corrected chi connectivity index (χ2v) is 4.06. The van der Waals surface area contributed by atoms with Crippen molar-refractivity contribution >= 4 is 41.2 Å².